The van der Waals surface area contributed by atoms with Crippen molar-refractivity contribution >= 4 is 5.69 Å². The Morgan fingerprint density at radius 3 is 2.79 bits per heavy atom. The number of phenols is 1. The number of hydrogen-bond donors (Lipinski definition) is 2. The Labute approximate surface area is 110 Å². The van der Waals surface area contributed by atoms with Gasteiger partial charge in [0.2, 0.25) is 6.79 Å². The first-order valence-corrected chi connectivity index (χ1v) is 6.00. The third-order valence-electron chi connectivity index (χ3n) is 2.97. The van der Waals surface area contributed by atoms with Crippen molar-refractivity contribution in [3.8, 4) is 17.2 Å². The van der Waals surface area contributed by atoms with Gasteiger partial charge in [0.1, 0.15) is 5.75 Å². The maximum absolute atomic E-state index is 9.91. The number of aromatic nitrogens is 1. The van der Waals surface area contributed by atoms with Crippen molar-refractivity contribution in [2.45, 2.75) is 13.5 Å². The highest BCUT2D eigenvalue weighted by Gasteiger charge is 2.16. The predicted octanol–water partition coefficient (Wildman–Crippen LogP) is 2.44. The number of fused-ring (bicyclic) bond motifs is 1. The van der Waals surface area contributed by atoms with Gasteiger partial charge in [-0.05, 0) is 25.1 Å². The molecule has 19 heavy (non-hydrogen) atoms. The van der Waals surface area contributed by atoms with Gasteiger partial charge in [-0.2, -0.15) is 0 Å². The molecular formula is C14H14N2O3. The van der Waals surface area contributed by atoms with Crippen LogP contribution in [0, 0.1) is 6.92 Å². The first-order valence-electron chi connectivity index (χ1n) is 6.00. The van der Waals surface area contributed by atoms with Crippen LogP contribution in [0.1, 0.15) is 11.3 Å². The van der Waals surface area contributed by atoms with E-state index in [4.69, 9.17) is 9.47 Å². The number of nitrogens with one attached hydrogen (secondary N) is 1. The summed E-state index contributed by atoms with van der Waals surface area (Å²) in [6.45, 7) is 2.63. The molecule has 1 aliphatic heterocycles. The maximum Gasteiger partial charge on any atom is 0.231 e. The Hall–Kier alpha value is -2.43. The van der Waals surface area contributed by atoms with E-state index in [-0.39, 0.29) is 12.5 Å². The highest BCUT2D eigenvalue weighted by molar-refractivity contribution is 5.52. The standard InChI is InChI=1S/C14H14N2O3/c1-9-2-3-11(7-15-9)16-6-10-4-13-14(5-12(10)17)19-8-18-13/h2-5,7,16-17H,6,8H2,1H3. The summed E-state index contributed by atoms with van der Waals surface area (Å²) in [5, 5.41) is 13.1. The molecule has 5 nitrogen and oxygen atoms in total. The van der Waals surface area contributed by atoms with Gasteiger partial charge in [0.05, 0.1) is 11.9 Å². The SMILES string of the molecule is Cc1ccc(NCc2cc3c(cc2O)OCO3)cn1. The van der Waals surface area contributed by atoms with Gasteiger partial charge < -0.3 is 19.9 Å². The van der Waals surface area contributed by atoms with Gasteiger partial charge >= 0.3 is 0 Å². The van der Waals surface area contributed by atoms with Crippen LogP contribution in [0.25, 0.3) is 0 Å². The van der Waals surface area contributed by atoms with Crippen LogP contribution in [-0.2, 0) is 6.54 Å². The van der Waals surface area contributed by atoms with E-state index >= 15 is 0 Å². The minimum absolute atomic E-state index is 0.192. The molecule has 3 rings (SSSR count). The van der Waals surface area contributed by atoms with Crippen molar-refractivity contribution in [2.24, 2.45) is 0 Å². The van der Waals surface area contributed by atoms with Crippen LogP contribution >= 0.6 is 0 Å². The van der Waals surface area contributed by atoms with E-state index in [1.54, 1.807) is 18.3 Å². The van der Waals surface area contributed by atoms with Gasteiger partial charge in [-0.15, -0.1) is 0 Å². The molecule has 2 heterocycles. The summed E-state index contributed by atoms with van der Waals surface area (Å²) < 4.78 is 10.5. The van der Waals surface area contributed by atoms with Crippen LogP contribution < -0.4 is 14.8 Å². The molecule has 0 atom stereocenters. The van der Waals surface area contributed by atoms with E-state index < -0.39 is 0 Å². The number of phenolic OH excluding ortho intramolecular Hbond substituents is 1. The van der Waals surface area contributed by atoms with Gasteiger partial charge in [-0.1, -0.05) is 0 Å². The second-order valence-corrected chi connectivity index (χ2v) is 4.38. The van der Waals surface area contributed by atoms with Gasteiger partial charge in [0.15, 0.2) is 11.5 Å². The molecule has 0 aliphatic carbocycles. The molecule has 2 N–H and O–H groups in total. The monoisotopic (exact) mass is 258 g/mol. The zero-order chi connectivity index (χ0) is 13.2. The highest BCUT2D eigenvalue weighted by Crippen LogP contribution is 2.37. The first-order chi connectivity index (χ1) is 9.22. The lowest BCUT2D eigenvalue weighted by Gasteiger charge is -2.09. The molecule has 0 saturated heterocycles. The zero-order valence-corrected chi connectivity index (χ0v) is 10.5. The van der Waals surface area contributed by atoms with Gasteiger partial charge in [0.25, 0.3) is 0 Å². The van der Waals surface area contributed by atoms with E-state index in [1.807, 2.05) is 19.1 Å². The molecule has 0 radical (unpaired) electrons. The van der Waals surface area contributed by atoms with E-state index in [1.165, 1.54) is 0 Å². The van der Waals surface area contributed by atoms with Gasteiger partial charge in [0, 0.05) is 23.9 Å². The van der Waals surface area contributed by atoms with Crippen LogP contribution in [-0.4, -0.2) is 16.9 Å². The lowest BCUT2D eigenvalue weighted by molar-refractivity contribution is 0.174. The Morgan fingerprint density at radius 2 is 2.05 bits per heavy atom. The molecule has 1 aromatic heterocycles. The van der Waals surface area contributed by atoms with Crippen molar-refractivity contribution in [2.75, 3.05) is 12.1 Å². The average molecular weight is 258 g/mol. The topological polar surface area (TPSA) is 63.6 Å². The fraction of sp³-hybridized carbons (Fsp3) is 0.214. The van der Waals surface area contributed by atoms with Crippen LogP contribution in [0.15, 0.2) is 30.5 Å². The first kappa shape index (κ1) is 11.6. The zero-order valence-electron chi connectivity index (χ0n) is 10.5. The maximum atomic E-state index is 9.91. The van der Waals surface area contributed by atoms with Crippen molar-refractivity contribution in [3.63, 3.8) is 0 Å². The van der Waals surface area contributed by atoms with E-state index in [9.17, 15) is 5.11 Å². The minimum Gasteiger partial charge on any atom is -0.507 e. The quantitative estimate of drug-likeness (QED) is 0.885. The molecule has 0 spiro atoms. The molecule has 0 saturated carbocycles. The average Bonchev–Trinajstić information content (AvgIpc) is 2.85. The summed E-state index contributed by atoms with van der Waals surface area (Å²) in [4.78, 5) is 4.20. The smallest absolute Gasteiger partial charge is 0.231 e. The lowest BCUT2D eigenvalue weighted by atomic mass is 10.1. The molecule has 2 aromatic rings. The van der Waals surface area contributed by atoms with Crippen LogP contribution in [0.4, 0.5) is 5.69 Å². The molecule has 0 unspecified atom stereocenters. The molecule has 98 valence electrons. The molecule has 0 bridgehead atoms. The van der Waals surface area contributed by atoms with E-state index in [2.05, 4.69) is 10.3 Å². The number of aromatic hydroxyl groups is 1. The number of aryl methyl sites for hydroxylation is 1. The molecule has 5 heteroatoms. The number of anilines is 1. The second kappa shape index (κ2) is 4.68. The minimum atomic E-state index is 0.192. The van der Waals surface area contributed by atoms with Gasteiger partial charge in [-0.25, -0.2) is 0 Å². The number of nitrogens with zero attached hydrogens (tertiary/aromatic N) is 1. The van der Waals surface area contributed by atoms with Crippen molar-refractivity contribution in [1.29, 1.82) is 0 Å². The third-order valence-corrected chi connectivity index (χ3v) is 2.97. The van der Waals surface area contributed by atoms with Crippen molar-refractivity contribution < 1.29 is 14.6 Å². The van der Waals surface area contributed by atoms with E-state index in [0.717, 1.165) is 16.9 Å². The summed E-state index contributed by atoms with van der Waals surface area (Å²) in [7, 11) is 0. The number of ether oxygens (including phenoxy) is 2. The van der Waals surface area contributed by atoms with Crippen molar-refractivity contribution in [1.82, 2.24) is 4.98 Å². The van der Waals surface area contributed by atoms with Crippen LogP contribution in [0.2, 0.25) is 0 Å². The van der Waals surface area contributed by atoms with Crippen LogP contribution in [0.3, 0.4) is 0 Å². The largest absolute Gasteiger partial charge is 0.507 e. The summed E-state index contributed by atoms with van der Waals surface area (Å²) in [6.07, 6.45) is 1.76. The second-order valence-electron chi connectivity index (χ2n) is 4.38. The number of hydrogen-bond acceptors (Lipinski definition) is 5. The molecule has 0 fully saturated rings. The Bertz CT molecular complexity index is 596. The van der Waals surface area contributed by atoms with E-state index in [0.29, 0.717) is 18.0 Å². The summed E-state index contributed by atoms with van der Waals surface area (Å²) >= 11 is 0. The fourth-order valence-electron chi connectivity index (χ4n) is 1.88. The predicted molar refractivity (Wildman–Crippen MR) is 70.5 cm³/mol. The highest BCUT2D eigenvalue weighted by atomic mass is 16.7. The molecule has 1 aromatic carbocycles. The molecule has 1 aliphatic rings. The fourth-order valence-corrected chi connectivity index (χ4v) is 1.88. The summed E-state index contributed by atoms with van der Waals surface area (Å²) in [6, 6.07) is 7.24. The molecule has 0 amide bonds. The van der Waals surface area contributed by atoms with Crippen LogP contribution in [0.5, 0.6) is 17.2 Å². The van der Waals surface area contributed by atoms with Gasteiger partial charge in [-0.3, -0.25) is 4.98 Å². The number of pyridine rings is 1. The normalized spacial score (nSPS) is 12.5. The number of benzene rings is 1. The summed E-state index contributed by atoms with van der Waals surface area (Å²) in [5.74, 6) is 1.44. The number of rotatable bonds is 3. The lowest BCUT2D eigenvalue weighted by Crippen LogP contribution is -2.00. The summed E-state index contributed by atoms with van der Waals surface area (Å²) in [5.41, 5.74) is 2.63. The molecular weight excluding hydrogens is 244 g/mol. The third kappa shape index (κ3) is 2.40. The Morgan fingerprint density at radius 1 is 1.26 bits per heavy atom. The van der Waals surface area contributed by atoms with Crippen molar-refractivity contribution in [3.05, 3.63) is 41.7 Å². The Kier molecular flexibility index (Phi) is 2.87. The Balaban J connectivity index is 1.75.